The van der Waals surface area contributed by atoms with E-state index in [0.717, 1.165) is 6.20 Å². The highest BCUT2D eigenvalue weighted by Gasteiger charge is 2.15. The van der Waals surface area contributed by atoms with E-state index in [4.69, 9.17) is 10.1 Å². The van der Waals surface area contributed by atoms with Crippen molar-refractivity contribution in [3.05, 3.63) is 33.3 Å². The molecule has 1 aromatic carbocycles. The van der Waals surface area contributed by atoms with Gasteiger partial charge in [0.1, 0.15) is 0 Å². The molecule has 2 N–H and O–H groups in total. The fourth-order valence-corrected chi connectivity index (χ4v) is 1.56. The summed E-state index contributed by atoms with van der Waals surface area (Å²) in [6.07, 6.45) is 0.853. The van der Waals surface area contributed by atoms with Crippen LogP contribution in [0.4, 0.5) is 0 Å². The minimum Gasteiger partial charge on any atom is -0.503 e. The van der Waals surface area contributed by atoms with Gasteiger partial charge in [-0.3, -0.25) is 0 Å². The number of diazo groups is 1. The standard InChI is InChI=1S/C9H7BrN2O3/c1-15-7-3-2-5(6(13)4-12-11)8(10)9(7)14/h2-4H,1H3,(H-,13,14)/p+1. The second kappa shape index (κ2) is 4.66. The Morgan fingerprint density at radius 3 is 2.80 bits per heavy atom. The van der Waals surface area contributed by atoms with E-state index in [-0.39, 0.29) is 21.7 Å². The Kier molecular flexibility index (Phi) is 3.52. The molecule has 15 heavy (non-hydrogen) atoms. The summed E-state index contributed by atoms with van der Waals surface area (Å²) in [4.78, 5) is 2.68. The van der Waals surface area contributed by atoms with Crippen LogP contribution in [-0.2, 0) is 0 Å². The van der Waals surface area contributed by atoms with Gasteiger partial charge < -0.3 is 14.9 Å². The fraction of sp³-hybridized carbons (Fsp3) is 0.111. The number of aromatic hydroxyl groups is 1. The molecule has 0 spiro atoms. The highest BCUT2D eigenvalue weighted by Crippen LogP contribution is 2.38. The van der Waals surface area contributed by atoms with Gasteiger partial charge in [-0.2, -0.15) is 0 Å². The van der Waals surface area contributed by atoms with Gasteiger partial charge in [-0.1, -0.05) is 0 Å². The molecule has 0 bridgehead atoms. The van der Waals surface area contributed by atoms with E-state index in [0.29, 0.717) is 5.56 Å². The third-order valence-electron chi connectivity index (χ3n) is 1.76. The summed E-state index contributed by atoms with van der Waals surface area (Å²) >= 11 is 3.09. The molecule has 0 saturated heterocycles. The minimum atomic E-state index is -0.276. The number of ether oxygens (including phenoxy) is 1. The number of nitrogens with zero attached hydrogens (tertiary/aromatic N) is 2. The maximum Gasteiger partial charge on any atom is 0.392 e. The SMILES string of the molecule is COc1ccc(C(O)=C[N+]#N)c(Br)c1O. The lowest BCUT2D eigenvalue weighted by Crippen LogP contribution is -1.89. The third kappa shape index (κ3) is 2.19. The van der Waals surface area contributed by atoms with E-state index in [9.17, 15) is 10.2 Å². The zero-order valence-electron chi connectivity index (χ0n) is 7.81. The molecule has 5 nitrogen and oxygen atoms in total. The summed E-state index contributed by atoms with van der Waals surface area (Å²) in [5.74, 6) is -0.130. The summed E-state index contributed by atoms with van der Waals surface area (Å²) < 4.78 is 5.13. The van der Waals surface area contributed by atoms with E-state index in [2.05, 4.69) is 20.9 Å². The van der Waals surface area contributed by atoms with E-state index in [1.165, 1.54) is 19.2 Å². The van der Waals surface area contributed by atoms with Gasteiger partial charge in [0.2, 0.25) is 11.2 Å². The lowest BCUT2D eigenvalue weighted by molar-refractivity contribution is 0.371. The number of methoxy groups -OCH3 is 1. The summed E-state index contributed by atoms with van der Waals surface area (Å²) in [6, 6.07) is 3.00. The van der Waals surface area contributed by atoms with Gasteiger partial charge >= 0.3 is 6.20 Å². The van der Waals surface area contributed by atoms with Crippen molar-refractivity contribution >= 4 is 21.7 Å². The minimum absolute atomic E-state index is 0.132. The molecular formula is C9H8BrN2O3+. The van der Waals surface area contributed by atoms with E-state index in [1.807, 2.05) is 0 Å². The number of halogens is 1. The van der Waals surface area contributed by atoms with Crippen LogP contribution in [0.25, 0.3) is 10.7 Å². The van der Waals surface area contributed by atoms with E-state index in [1.54, 1.807) is 0 Å². The van der Waals surface area contributed by atoms with Crippen molar-refractivity contribution in [3.8, 4) is 11.5 Å². The normalized spacial score (nSPS) is 10.9. The first-order valence-electron chi connectivity index (χ1n) is 3.91. The summed E-state index contributed by atoms with van der Waals surface area (Å²) in [5, 5.41) is 27.3. The summed E-state index contributed by atoms with van der Waals surface area (Å²) in [7, 11) is 1.42. The third-order valence-corrected chi connectivity index (χ3v) is 2.56. The molecule has 0 saturated carbocycles. The average molecular weight is 272 g/mol. The highest BCUT2D eigenvalue weighted by atomic mass is 79.9. The summed E-state index contributed by atoms with van der Waals surface area (Å²) in [5.41, 5.74) is 0.297. The molecule has 0 aliphatic heterocycles. The van der Waals surface area contributed by atoms with Gasteiger partial charge in [0, 0.05) is 5.56 Å². The van der Waals surface area contributed by atoms with Crippen LogP contribution in [0, 0.1) is 5.39 Å². The maximum absolute atomic E-state index is 9.59. The molecule has 0 radical (unpaired) electrons. The van der Waals surface area contributed by atoms with Crippen LogP contribution in [0.2, 0.25) is 0 Å². The number of phenols is 1. The molecule has 0 aromatic heterocycles. The highest BCUT2D eigenvalue weighted by molar-refractivity contribution is 9.10. The molecule has 0 aliphatic rings. The molecule has 1 aromatic rings. The van der Waals surface area contributed by atoms with E-state index >= 15 is 0 Å². The zero-order chi connectivity index (χ0) is 11.4. The van der Waals surface area contributed by atoms with Crippen LogP contribution in [0.3, 0.4) is 0 Å². The number of rotatable bonds is 2. The van der Waals surface area contributed by atoms with Gasteiger partial charge in [0.25, 0.3) is 0 Å². The van der Waals surface area contributed by atoms with Crippen LogP contribution in [0.1, 0.15) is 5.56 Å². The van der Waals surface area contributed by atoms with Crippen LogP contribution >= 0.6 is 15.9 Å². The van der Waals surface area contributed by atoms with Gasteiger partial charge in [-0.05, 0) is 28.1 Å². The molecule has 0 fully saturated rings. The Morgan fingerprint density at radius 2 is 2.27 bits per heavy atom. The average Bonchev–Trinajstić information content (AvgIpc) is 2.22. The topological polar surface area (TPSA) is 77.8 Å². The number of aliphatic hydroxyl groups is 1. The Balaban J connectivity index is 3.31. The van der Waals surface area contributed by atoms with Gasteiger partial charge in [-0.15, -0.1) is 0 Å². The number of phenolic OH excluding ortho intramolecular Hbond substituents is 1. The molecular weight excluding hydrogens is 264 g/mol. The first-order valence-corrected chi connectivity index (χ1v) is 4.70. The second-order valence-electron chi connectivity index (χ2n) is 2.61. The van der Waals surface area contributed by atoms with E-state index < -0.39 is 0 Å². The monoisotopic (exact) mass is 271 g/mol. The van der Waals surface area contributed by atoms with Crippen LogP contribution in [0.5, 0.6) is 11.5 Å². The lowest BCUT2D eigenvalue weighted by Gasteiger charge is -2.07. The van der Waals surface area contributed by atoms with Crippen molar-refractivity contribution in [3.63, 3.8) is 0 Å². The fourth-order valence-electron chi connectivity index (χ4n) is 1.03. The number of hydrogen-bond donors (Lipinski definition) is 2. The lowest BCUT2D eigenvalue weighted by atomic mass is 10.1. The zero-order valence-corrected chi connectivity index (χ0v) is 9.39. The first kappa shape index (κ1) is 11.3. The molecule has 0 amide bonds. The van der Waals surface area contributed by atoms with Gasteiger partial charge in [0.15, 0.2) is 16.5 Å². The van der Waals surface area contributed by atoms with Crippen LogP contribution in [-0.4, -0.2) is 17.3 Å². The molecule has 6 heteroatoms. The maximum atomic E-state index is 9.59. The Labute approximate surface area is 94.4 Å². The van der Waals surface area contributed by atoms with Crippen molar-refractivity contribution in [1.82, 2.24) is 0 Å². The Hall–Kier alpha value is -1.74. The molecule has 0 atom stereocenters. The van der Waals surface area contributed by atoms with Crippen LogP contribution < -0.4 is 4.74 Å². The van der Waals surface area contributed by atoms with Crippen molar-refractivity contribution in [2.45, 2.75) is 0 Å². The Morgan fingerprint density at radius 1 is 1.60 bits per heavy atom. The predicted octanol–water partition coefficient (Wildman–Crippen LogP) is 2.87. The first-order chi connectivity index (χ1) is 7.11. The van der Waals surface area contributed by atoms with Crippen LogP contribution in [0.15, 0.2) is 22.8 Å². The van der Waals surface area contributed by atoms with Crippen molar-refractivity contribution < 1.29 is 14.9 Å². The number of benzene rings is 1. The molecule has 0 aliphatic carbocycles. The number of aliphatic hydroxyl groups excluding tert-OH is 1. The largest absolute Gasteiger partial charge is 0.503 e. The quantitative estimate of drug-likeness (QED) is 0.641. The number of hydrogen-bond acceptors (Lipinski definition) is 4. The van der Waals surface area contributed by atoms with Gasteiger partial charge in [-0.25, -0.2) is 0 Å². The molecule has 0 unspecified atom stereocenters. The molecule has 78 valence electrons. The van der Waals surface area contributed by atoms with Crippen molar-refractivity contribution in [1.29, 1.82) is 5.39 Å². The Bertz CT molecular complexity index is 451. The predicted molar refractivity (Wildman–Crippen MR) is 58.0 cm³/mol. The second-order valence-corrected chi connectivity index (χ2v) is 3.40. The smallest absolute Gasteiger partial charge is 0.392 e. The van der Waals surface area contributed by atoms with Crippen molar-refractivity contribution in [2.75, 3.05) is 7.11 Å². The van der Waals surface area contributed by atoms with Gasteiger partial charge in [0.05, 0.1) is 11.6 Å². The van der Waals surface area contributed by atoms with Crippen molar-refractivity contribution in [2.24, 2.45) is 0 Å². The summed E-state index contributed by atoms with van der Waals surface area (Å²) in [6.45, 7) is 0. The molecule has 0 heterocycles. The molecule has 1 rings (SSSR count).